The van der Waals surface area contributed by atoms with Crippen molar-refractivity contribution in [1.82, 2.24) is 14.8 Å². The maximum Gasteiger partial charge on any atom is 0.0793 e. The first-order valence-electron chi connectivity index (χ1n) is 8.16. The maximum atomic E-state index is 10.3. The SMILES string of the molecule is CC1CN(CC(O)CN(C)CCc2ccncc2)CC(C)O1. The summed E-state index contributed by atoms with van der Waals surface area (Å²) < 4.78 is 5.73. The number of ether oxygens (including phenoxy) is 1. The number of morpholine rings is 1. The van der Waals surface area contributed by atoms with Gasteiger partial charge >= 0.3 is 0 Å². The Morgan fingerprint density at radius 2 is 1.95 bits per heavy atom. The number of nitrogens with zero attached hydrogens (tertiary/aromatic N) is 3. The second-order valence-electron chi connectivity index (χ2n) is 6.50. The van der Waals surface area contributed by atoms with E-state index in [0.717, 1.165) is 32.6 Å². The number of aromatic nitrogens is 1. The molecule has 1 aromatic rings. The van der Waals surface area contributed by atoms with Gasteiger partial charge in [-0.25, -0.2) is 0 Å². The largest absolute Gasteiger partial charge is 0.390 e. The average molecular weight is 307 g/mol. The van der Waals surface area contributed by atoms with Gasteiger partial charge in [-0.2, -0.15) is 0 Å². The molecule has 3 atom stereocenters. The summed E-state index contributed by atoms with van der Waals surface area (Å²) in [7, 11) is 2.06. The van der Waals surface area contributed by atoms with Crippen LogP contribution in [0.3, 0.4) is 0 Å². The van der Waals surface area contributed by atoms with Gasteiger partial charge in [0.2, 0.25) is 0 Å². The third-order valence-corrected chi connectivity index (χ3v) is 4.02. The molecule has 1 aromatic heterocycles. The van der Waals surface area contributed by atoms with Gasteiger partial charge in [-0.05, 0) is 45.0 Å². The van der Waals surface area contributed by atoms with Crippen molar-refractivity contribution in [2.75, 3.05) is 39.8 Å². The number of β-amino-alcohol motifs (C(OH)–C–C–N with tert-alkyl or cyclic N) is 1. The van der Waals surface area contributed by atoms with Crippen LogP contribution in [0.25, 0.3) is 0 Å². The van der Waals surface area contributed by atoms with Gasteiger partial charge in [-0.3, -0.25) is 9.88 Å². The Balaban J connectivity index is 1.68. The molecule has 3 unspecified atom stereocenters. The topological polar surface area (TPSA) is 48.8 Å². The summed E-state index contributed by atoms with van der Waals surface area (Å²) in [5, 5.41) is 10.3. The summed E-state index contributed by atoms with van der Waals surface area (Å²) in [6, 6.07) is 4.08. The Morgan fingerprint density at radius 3 is 2.59 bits per heavy atom. The number of pyridine rings is 1. The molecule has 1 saturated heterocycles. The highest BCUT2D eigenvalue weighted by Gasteiger charge is 2.24. The molecule has 1 aliphatic heterocycles. The lowest BCUT2D eigenvalue weighted by molar-refractivity contribution is -0.0776. The molecule has 0 amide bonds. The van der Waals surface area contributed by atoms with Crippen LogP contribution in [0.5, 0.6) is 0 Å². The molecule has 5 heteroatoms. The van der Waals surface area contributed by atoms with Crippen LogP contribution >= 0.6 is 0 Å². The summed E-state index contributed by atoms with van der Waals surface area (Å²) in [6.07, 6.45) is 4.81. The lowest BCUT2D eigenvalue weighted by Gasteiger charge is -2.36. The molecule has 0 spiro atoms. The summed E-state index contributed by atoms with van der Waals surface area (Å²) in [5.74, 6) is 0. The van der Waals surface area contributed by atoms with Crippen molar-refractivity contribution in [2.24, 2.45) is 0 Å². The second kappa shape index (κ2) is 8.58. The molecule has 2 rings (SSSR count). The van der Waals surface area contributed by atoms with Crippen molar-refractivity contribution >= 4 is 0 Å². The summed E-state index contributed by atoms with van der Waals surface area (Å²) >= 11 is 0. The van der Waals surface area contributed by atoms with Gasteiger partial charge in [0.1, 0.15) is 0 Å². The zero-order chi connectivity index (χ0) is 15.9. The molecule has 0 aromatic carbocycles. The Kier molecular flexibility index (Phi) is 6.76. The fraction of sp³-hybridized carbons (Fsp3) is 0.706. The van der Waals surface area contributed by atoms with Crippen molar-refractivity contribution in [3.8, 4) is 0 Å². The Labute approximate surface area is 133 Å². The summed E-state index contributed by atoms with van der Waals surface area (Å²) in [5.41, 5.74) is 1.28. The zero-order valence-electron chi connectivity index (χ0n) is 14.0. The fourth-order valence-electron chi connectivity index (χ4n) is 3.11. The molecule has 0 saturated carbocycles. The van der Waals surface area contributed by atoms with Crippen LogP contribution < -0.4 is 0 Å². The predicted molar refractivity (Wildman–Crippen MR) is 87.9 cm³/mol. The first-order valence-corrected chi connectivity index (χ1v) is 8.16. The van der Waals surface area contributed by atoms with Gasteiger partial charge < -0.3 is 14.7 Å². The van der Waals surface area contributed by atoms with E-state index in [-0.39, 0.29) is 18.3 Å². The number of likely N-dealkylation sites (N-methyl/N-ethyl adjacent to an activating group) is 1. The first kappa shape index (κ1) is 17.3. The van der Waals surface area contributed by atoms with Gasteiger partial charge in [0, 0.05) is 45.1 Å². The van der Waals surface area contributed by atoms with E-state index in [4.69, 9.17) is 4.74 Å². The number of hydrogen-bond donors (Lipinski definition) is 1. The molecule has 1 aliphatic rings. The molecule has 124 valence electrons. The van der Waals surface area contributed by atoms with Crippen LogP contribution in [0.4, 0.5) is 0 Å². The first-order chi connectivity index (χ1) is 10.5. The third kappa shape index (κ3) is 6.01. The summed E-state index contributed by atoms with van der Waals surface area (Å²) in [6.45, 7) is 8.36. The minimum absolute atomic E-state index is 0.250. The molecule has 1 fully saturated rings. The van der Waals surface area contributed by atoms with E-state index in [1.54, 1.807) is 0 Å². The van der Waals surface area contributed by atoms with E-state index in [1.807, 2.05) is 24.5 Å². The average Bonchev–Trinajstić information content (AvgIpc) is 2.45. The van der Waals surface area contributed by atoms with Gasteiger partial charge in [-0.15, -0.1) is 0 Å². The number of aliphatic hydroxyl groups excluding tert-OH is 1. The van der Waals surface area contributed by atoms with E-state index in [9.17, 15) is 5.11 Å². The molecule has 5 nitrogen and oxygen atoms in total. The minimum Gasteiger partial charge on any atom is -0.390 e. The minimum atomic E-state index is -0.319. The van der Waals surface area contributed by atoms with Crippen LogP contribution in [-0.4, -0.2) is 78.0 Å². The monoisotopic (exact) mass is 307 g/mol. The van der Waals surface area contributed by atoms with E-state index in [0.29, 0.717) is 6.54 Å². The summed E-state index contributed by atoms with van der Waals surface area (Å²) in [4.78, 5) is 8.53. The van der Waals surface area contributed by atoms with Crippen molar-refractivity contribution in [3.63, 3.8) is 0 Å². The maximum absolute atomic E-state index is 10.3. The third-order valence-electron chi connectivity index (χ3n) is 4.02. The molecular weight excluding hydrogens is 278 g/mol. The highest BCUT2D eigenvalue weighted by Crippen LogP contribution is 2.11. The van der Waals surface area contributed by atoms with Crippen LogP contribution in [0, 0.1) is 0 Å². The van der Waals surface area contributed by atoms with Crippen molar-refractivity contribution < 1.29 is 9.84 Å². The quantitative estimate of drug-likeness (QED) is 0.815. The van der Waals surface area contributed by atoms with Crippen LogP contribution in [0.2, 0.25) is 0 Å². The molecule has 0 bridgehead atoms. The Morgan fingerprint density at radius 1 is 1.32 bits per heavy atom. The molecular formula is C17H29N3O2. The van der Waals surface area contributed by atoms with Crippen molar-refractivity contribution in [1.29, 1.82) is 0 Å². The Bertz CT molecular complexity index is 419. The molecule has 1 N–H and O–H groups in total. The van der Waals surface area contributed by atoms with E-state index < -0.39 is 0 Å². The van der Waals surface area contributed by atoms with Gasteiger partial charge in [0.05, 0.1) is 18.3 Å². The predicted octanol–water partition coefficient (Wildman–Crippen LogP) is 1.03. The normalized spacial score (nSPS) is 24.6. The van der Waals surface area contributed by atoms with E-state index >= 15 is 0 Å². The second-order valence-corrected chi connectivity index (χ2v) is 6.50. The number of aliphatic hydroxyl groups is 1. The van der Waals surface area contributed by atoms with Crippen LogP contribution in [-0.2, 0) is 11.2 Å². The number of rotatable bonds is 7. The molecule has 22 heavy (non-hydrogen) atoms. The van der Waals surface area contributed by atoms with E-state index in [2.05, 4.69) is 35.7 Å². The van der Waals surface area contributed by atoms with Crippen LogP contribution in [0.1, 0.15) is 19.4 Å². The highest BCUT2D eigenvalue weighted by molar-refractivity contribution is 5.09. The van der Waals surface area contributed by atoms with Crippen LogP contribution in [0.15, 0.2) is 24.5 Å². The smallest absolute Gasteiger partial charge is 0.0793 e. The standard InChI is InChI=1S/C17H29N3O2/c1-14-10-20(11-15(2)22-14)13-17(21)12-19(3)9-6-16-4-7-18-8-5-16/h4-5,7-8,14-15,17,21H,6,9-13H2,1-3H3. The molecule has 0 aliphatic carbocycles. The van der Waals surface area contributed by atoms with Crippen molar-refractivity contribution in [3.05, 3.63) is 30.1 Å². The molecule has 2 heterocycles. The molecule has 0 radical (unpaired) electrons. The van der Waals surface area contributed by atoms with Gasteiger partial charge in [0.15, 0.2) is 0 Å². The zero-order valence-corrected chi connectivity index (χ0v) is 14.0. The Hall–Kier alpha value is -1.01. The van der Waals surface area contributed by atoms with Crippen molar-refractivity contribution in [2.45, 2.75) is 38.6 Å². The van der Waals surface area contributed by atoms with Gasteiger partial charge in [-0.1, -0.05) is 0 Å². The fourth-order valence-corrected chi connectivity index (χ4v) is 3.11. The lowest BCUT2D eigenvalue weighted by atomic mass is 10.2. The number of hydrogen-bond acceptors (Lipinski definition) is 5. The lowest BCUT2D eigenvalue weighted by Crippen LogP contribution is -2.49. The van der Waals surface area contributed by atoms with E-state index in [1.165, 1.54) is 5.56 Å². The van der Waals surface area contributed by atoms with Gasteiger partial charge in [0.25, 0.3) is 0 Å². The highest BCUT2D eigenvalue weighted by atomic mass is 16.5.